The summed E-state index contributed by atoms with van der Waals surface area (Å²) in [5.41, 5.74) is 7.64. The smallest absolute Gasteiger partial charge is 0.122 e. The van der Waals surface area contributed by atoms with E-state index in [0.717, 1.165) is 11.3 Å². The second-order valence-electron chi connectivity index (χ2n) is 5.80. The van der Waals surface area contributed by atoms with Crippen LogP contribution in [0, 0.1) is 0 Å². The molecule has 3 nitrogen and oxygen atoms in total. The summed E-state index contributed by atoms with van der Waals surface area (Å²) in [5.74, 6) is 0.904. The Labute approximate surface area is 110 Å². The molecule has 102 valence electrons. The zero-order valence-corrected chi connectivity index (χ0v) is 12.3. The fourth-order valence-corrected chi connectivity index (χ4v) is 1.94. The van der Waals surface area contributed by atoms with Crippen LogP contribution >= 0.6 is 0 Å². The van der Waals surface area contributed by atoms with Crippen molar-refractivity contribution in [2.75, 3.05) is 20.8 Å². The summed E-state index contributed by atoms with van der Waals surface area (Å²) in [5, 5.41) is 0. The van der Waals surface area contributed by atoms with Crippen LogP contribution in [0.3, 0.4) is 0 Å². The third-order valence-corrected chi connectivity index (χ3v) is 3.46. The molecular weight excluding hydrogens is 226 g/mol. The molecule has 0 aliphatic carbocycles. The molecule has 0 fully saturated rings. The number of ether oxygens (including phenoxy) is 2. The molecule has 1 aromatic carbocycles. The third-order valence-electron chi connectivity index (χ3n) is 3.46. The summed E-state index contributed by atoms with van der Waals surface area (Å²) < 4.78 is 11.0. The molecule has 0 radical (unpaired) electrons. The predicted octanol–water partition coefficient (Wildman–Crippen LogP) is 2.81. The Morgan fingerprint density at radius 2 is 1.72 bits per heavy atom. The fraction of sp³-hybridized carbons (Fsp3) is 0.600. The number of methoxy groups -OCH3 is 2. The first kappa shape index (κ1) is 15.0. The van der Waals surface area contributed by atoms with Crippen molar-refractivity contribution in [2.24, 2.45) is 5.73 Å². The minimum atomic E-state index is -0.452. The van der Waals surface area contributed by atoms with Gasteiger partial charge in [-0.05, 0) is 35.6 Å². The van der Waals surface area contributed by atoms with Crippen LogP contribution in [-0.2, 0) is 15.8 Å². The Hall–Kier alpha value is -1.06. The zero-order valence-electron chi connectivity index (χ0n) is 12.3. The van der Waals surface area contributed by atoms with Crippen LogP contribution in [0.25, 0.3) is 0 Å². The summed E-state index contributed by atoms with van der Waals surface area (Å²) >= 11 is 0. The molecule has 0 amide bonds. The average Bonchev–Trinajstić information content (AvgIpc) is 2.36. The summed E-state index contributed by atoms with van der Waals surface area (Å²) in [4.78, 5) is 0. The highest BCUT2D eigenvalue weighted by molar-refractivity contribution is 5.43. The van der Waals surface area contributed by atoms with Gasteiger partial charge in [-0.25, -0.2) is 0 Å². The Morgan fingerprint density at radius 3 is 2.11 bits per heavy atom. The fourth-order valence-electron chi connectivity index (χ4n) is 1.94. The maximum atomic E-state index is 5.82. The first-order valence-electron chi connectivity index (χ1n) is 6.22. The second-order valence-corrected chi connectivity index (χ2v) is 5.80. The minimum Gasteiger partial charge on any atom is -0.496 e. The van der Waals surface area contributed by atoms with E-state index in [4.69, 9.17) is 15.2 Å². The third kappa shape index (κ3) is 2.85. The summed E-state index contributed by atoms with van der Waals surface area (Å²) in [7, 11) is 3.39. The van der Waals surface area contributed by atoms with Crippen LogP contribution in [-0.4, -0.2) is 20.8 Å². The van der Waals surface area contributed by atoms with Crippen LogP contribution in [0.2, 0.25) is 0 Å². The summed E-state index contributed by atoms with van der Waals surface area (Å²) in [6, 6.07) is 6.14. The van der Waals surface area contributed by atoms with E-state index in [0.29, 0.717) is 6.54 Å². The van der Waals surface area contributed by atoms with Crippen molar-refractivity contribution >= 4 is 0 Å². The maximum absolute atomic E-state index is 5.82. The first-order valence-corrected chi connectivity index (χ1v) is 6.22. The van der Waals surface area contributed by atoms with E-state index in [9.17, 15) is 0 Å². The van der Waals surface area contributed by atoms with Gasteiger partial charge in [-0.3, -0.25) is 0 Å². The standard InChI is InChI=1S/C15H25NO2/c1-14(2,3)12-9-11(7-8-13(12)17-5)15(4,10-16)18-6/h7-9H,10,16H2,1-6H3. The molecule has 0 aromatic heterocycles. The molecule has 0 saturated heterocycles. The van der Waals surface area contributed by atoms with Crippen molar-refractivity contribution in [1.29, 1.82) is 0 Å². The molecule has 0 spiro atoms. The molecule has 0 aliphatic rings. The lowest BCUT2D eigenvalue weighted by molar-refractivity contribution is 0.00994. The van der Waals surface area contributed by atoms with Gasteiger partial charge in [0.2, 0.25) is 0 Å². The molecule has 1 atom stereocenters. The average molecular weight is 251 g/mol. The lowest BCUT2D eigenvalue weighted by atomic mass is 9.83. The maximum Gasteiger partial charge on any atom is 0.122 e. The Morgan fingerprint density at radius 1 is 1.11 bits per heavy atom. The van der Waals surface area contributed by atoms with Gasteiger partial charge in [-0.2, -0.15) is 0 Å². The van der Waals surface area contributed by atoms with Gasteiger partial charge in [-0.1, -0.05) is 26.8 Å². The van der Waals surface area contributed by atoms with E-state index in [2.05, 4.69) is 26.8 Å². The topological polar surface area (TPSA) is 44.5 Å². The van der Waals surface area contributed by atoms with Crippen LogP contribution in [0.4, 0.5) is 0 Å². The second kappa shape index (κ2) is 5.29. The van der Waals surface area contributed by atoms with Crippen LogP contribution in [0.1, 0.15) is 38.8 Å². The molecule has 1 aromatic rings. The van der Waals surface area contributed by atoms with Gasteiger partial charge in [0, 0.05) is 13.7 Å². The summed E-state index contributed by atoms with van der Waals surface area (Å²) in [6.07, 6.45) is 0. The van der Waals surface area contributed by atoms with Crippen LogP contribution in [0.5, 0.6) is 5.75 Å². The van der Waals surface area contributed by atoms with Gasteiger partial charge in [0.05, 0.1) is 7.11 Å². The lowest BCUT2D eigenvalue weighted by Crippen LogP contribution is -2.34. The molecule has 0 aliphatic heterocycles. The van der Waals surface area contributed by atoms with Crippen LogP contribution < -0.4 is 10.5 Å². The van der Waals surface area contributed by atoms with Crippen molar-refractivity contribution in [3.8, 4) is 5.75 Å². The SMILES string of the molecule is COc1ccc(C(C)(CN)OC)cc1C(C)(C)C. The lowest BCUT2D eigenvalue weighted by Gasteiger charge is -2.30. The Kier molecular flexibility index (Phi) is 4.41. The molecule has 18 heavy (non-hydrogen) atoms. The van der Waals surface area contributed by atoms with E-state index < -0.39 is 5.60 Å². The molecule has 0 saturated carbocycles. The largest absolute Gasteiger partial charge is 0.496 e. The summed E-state index contributed by atoms with van der Waals surface area (Å²) in [6.45, 7) is 8.95. The molecule has 0 heterocycles. The van der Waals surface area contributed by atoms with Gasteiger partial charge in [0.15, 0.2) is 0 Å². The van der Waals surface area contributed by atoms with E-state index >= 15 is 0 Å². The number of nitrogens with two attached hydrogens (primary N) is 1. The van der Waals surface area contributed by atoms with Gasteiger partial charge >= 0.3 is 0 Å². The van der Waals surface area contributed by atoms with E-state index in [1.54, 1.807) is 14.2 Å². The van der Waals surface area contributed by atoms with E-state index in [1.165, 1.54) is 5.56 Å². The van der Waals surface area contributed by atoms with Gasteiger partial charge in [0.25, 0.3) is 0 Å². The van der Waals surface area contributed by atoms with Crippen LogP contribution in [0.15, 0.2) is 18.2 Å². The van der Waals surface area contributed by atoms with Crippen molar-refractivity contribution < 1.29 is 9.47 Å². The molecule has 1 unspecified atom stereocenters. The van der Waals surface area contributed by atoms with E-state index in [1.807, 2.05) is 19.1 Å². The number of rotatable bonds is 4. The number of hydrogen-bond donors (Lipinski definition) is 1. The van der Waals surface area contributed by atoms with Gasteiger partial charge < -0.3 is 15.2 Å². The Balaban J connectivity index is 3.35. The molecule has 2 N–H and O–H groups in total. The van der Waals surface area contributed by atoms with Crippen molar-refractivity contribution in [2.45, 2.75) is 38.7 Å². The molecule has 0 bridgehead atoms. The highest BCUT2D eigenvalue weighted by Crippen LogP contribution is 2.35. The van der Waals surface area contributed by atoms with E-state index in [-0.39, 0.29) is 5.41 Å². The van der Waals surface area contributed by atoms with Crippen molar-refractivity contribution in [3.63, 3.8) is 0 Å². The normalized spacial score (nSPS) is 15.3. The highest BCUT2D eigenvalue weighted by atomic mass is 16.5. The highest BCUT2D eigenvalue weighted by Gasteiger charge is 2.27. The number of hydrogen-bond acceptors (Lipinski definition) is 3. The van der Waals surface area contributed by atoms with Gasteiger partial charge in [-0.15, -0.1) is 0 Å². The van der Waals surface area contributed by atoms with Gasteiger partial charge in [0.1, 0.15) is 11.4 Å². The zero-order chi connectivity index (χ0) is 14.0. The minimum absolute atomic E-state index is 0.0185. The van der Waals surface area contributed by atoms with Crippen molar-refractivity contribution in [1.82, 2.24) is 0 Å². The molecular formula is C15H25NO2. The molecule has 3 heteroatoms. The number of benzene rings is 1. The van der Waals surface area contributed by atoms with Crippen molar-refractivity contribution in [3.05, 3.63) is 29.3 Å². The molecule has 1 rings (SSSR count). The Bertz CT molecular complexity index is 403. The predicted molar refractivity (Wildman–Crippen MR) is 75.1 cm³/mol. The first-order chi connectivity index (χ1) is 8.28. The quantitative estimate of drug-likeness (QED) is 0.895. The monoisotopic (exact) mass is 251 g/mol.